The fourth-order valence-corrected chi connectivity index (χ4v) is 1.82. The lowest BCUT2D eigenvalue weighted by Gasteiger charge is -2.18. The molecular formula is C12H12N4O2. The Hall–Kier alpha value is -2.37. The summed E-state index contributed by atoms with van der Waals surface area (Å²) in [6, 6.07) is 5.54. The number of fused-ring (bicyclic) bond motifs is 1. The van der Waals surface area contributed by atoms with Crippen molar-refractivity contribution < 1.29 is 9.47 Å². The Morgan fingerprint density at radius 2 is 1.89 bits per heavy atom. The quantitative estimate of drug-likeness (QED) is 0.811. The minimum atomic E-state index is 0.360. The molecule has 0 atom stereocenters. The first-order valence-corrected chi connectivity index (χ1v) is 5.61. The van der Waals surface area contributed by atoms with E-state index in [1.165, 1.54) is 0 Å². The molecule has 0 fully saturated rings. The molecule has 0 amide bonds. The second-order valence-electron chi connectivity index (χ2n) is 3.95. The van der Waals surface area contributed by atoms with E-state index < -0.39 is 0 Å². The molecule has 0 unspecified atom stereocenters. The monoisotopic (exact) mass is 244 g/mol. The number of aromatic nitrogens is 3. The topological polar surface area (TPSA) is 83.2 Å². The number of hydrogen-bond donors (Lipinski definition) is 1. The Kier molecular flexibility index (Phi) is 2.47. The standard InChI is InChI=1S/C12H12N4O2/c1-7-14-12(13)11(16-15-7)8-2-3-9-10(6-8)18-5-4-17-9/h2-3,6H,4-5H2,1H3,(H2,13,14,15). The summed E-state index contributed by atoms with van der Waals surface area (Å²) in [6.45, 7) is 2.86. The van der Waals surface area contributed by atoms with E-state index in [4.69, 9.17) is 15.2 Å². The highest BCUT2D eigenvalue weighted by Gasteiger charge is 2.14. The van der Waals surface area contributed by atoms with E-state index >= 15 is 0 Å². The third-order valence-electron chi connectivity index (χ3n) is 2.64. The number of rotatable bonds is 1. The normalized spacial score (nSPS) is 13.4. The third-order valence-corrected chi connectivity index (χ3v) is 2.64. The summed E-state index contributed by atoms with van der Waals surface area (Å²) >= 11 is 0. The first-order valence-electron chi connectivity index (χ1n) is 5.61. The number of benzene rings is 1. The first kappa shape index (κ1) is 10.8. The number of ether oxygens (including phenoxy) is 2. The van der Waals surface area contributed by atoms with Gasteiger partial charge in [-0.05, 0) is 25.1 Å². The molecule has 2 heterocycles. The molecule has 2 aromatic rings. The van der Waals surface area contributed by atoms with Gasteiger partial charge >= 0.3 is 0 Å². The van der Waals surface area contributed by atoms with Crippen LogP contribution in [0.4, 0.5) is 5.82 Å². The van der Waals surface area contributed by atoms with Crippen LogP contribution in [-0.2, 0) is 0 Å². The Balaban J connectivity index is 2.06. The van der Waals surface area contributed by atoms with Gasteiger partial charge in [-0.1, -0.05) is 0 Å². The minimum absolute atomic E-state index is 0.360. The van der Waals surface area contributed by atoms with Crippen molar-refractivity contribution in [1.29, 1.82) is 0 Å². The second kappa shape index (κ2) is 4.14. The average molecular weight is 244 g/mol. The Morgan fingerprint density at radius 1 is 1.11 bits per heavy atom. The molecule has 0 bridgehead atoms. The molecule has 0 aliphatic carbocycles. The van der Waals surface area contributed by atoms with Crippen LogP contribution < -0.4 is 15.2 Å². The molecular weight excluding hydrogens is 232 g/mol. The smallest absolute Gasteiger partial charge is 0.162 e. The molecule has 1 aliphatic heterocycles. The molecule has 1 aromatic heterocycles. The average Bonchev–Trinajstić information content (AvgIpc) is 2.38. The summed E-state index contributed by atoms with van der Waals surface area (Å²) < 4.78 is 11.0. The predicted molar refractivity (Wildman–Crippen MR) is 65.4 cm³/mol. The van der Waals surface area contributed by atoms with E-state index in [2.05, 4.69) is 15.2 Å². The van der Waals surface area contributed by atoms with Crippen LogP contribution >= 0.6 is 0 Å². The third kappa shape index (κ3) is 1.81. The zero-order chi connectivity index (χ0) is 12.5. The largest absolute Gasteiger partial charge is 0.486 e. The van der Waals surface area contributed by atoms with Gasteiger partial charge in [0.1, 0.15) is 24.7 Å². The number of nitrogens with two attached hydrogens (primary N) is 1. The summed E-state index contributed by atoms with van der Waals surface area (Å²) in [4.78, 5) is 4.09. The molecule has 1 aromatic carbocycles. The lowest BCUT2D eigenvalue weighted by atomic mass is 10.1. The van der Waals surface area contributed by atoms with Crippen molar-refractivity contribution >= 4 is 5.82 Å². The maximum absolute atomic E-state index is 5.84. The SMILES string of the molecule is Cc1nnc(-c2ccc3c(c2)OCCO3)c(N)n1. The van der Waals surface area contributed by atoms with Crippen LogP contribution in [0.25, 0.3) is 11.3 Å². The molecule has 1 aliphatic rings. The maximum atomic E-state index is 5.84. The summed E-state index contributed by atoms with van der Waals surface area (Å²) in [6.07, 6.45) is 0. The Morgan fingerprint density at radius 3 is 2.67 bits per heavy atom. The van der Waals surface area contributed by atoms with Gasteiger partial charge in [-0.15, -0.1) is 10.2 Å². The van der Waals surface area contributed by atoms with Gasteiger partial charge in [0.15, 0.2) is 17.3 Å². The second-order valence-corrected chi connectivity index (χ2v) is 3.95. The number of anilines is 1. The van der Waals surface area contributed by atoms with Gasteiger partial charge in [0.25, 0.3) is 0 Å². The van der Waals surface area contributed by atoms with Crippen molar-refractivity contribution in [3.05, 3.63) is 24.0 Å². The zero-order valence-corrected chi connectivity index (χ0v) is 9.88. The van der Waals surface area contributed by atoms with Crippen molar-refractivity contribution in [2.24, 2.45) is 0 Å². The fourth-order valence-electron chi connectivity index (χ4n) is 1.82. The van der Waals surface area contributed by atoms with Gasteiger partial charge in [0.05, 0.1) is 0 Å². The van der Waals surface area contributed by atoms with Crippen LogP contribution in [0.15, 0.2) is 18.2 Å². The number of hydrogen-bond acceptors (Lipinski definition) is 6. The van der Waals surface area contributed by atoms with Crippen molar-refractivity contribution in [3.8, 4) is 22.8 Å². The summed E-state index contributed by atoms with van der Waals surface area (Å²) in [5.41, 5.74) is 7.21. The van der Waals surface area contributed by atoms with E-state index in [1.54, 1.807) is 6.92 Å². The molecule has 0 spiro atoms. The van der Waals surface area contributed by atoms with Gasteiger partial charge < -0.3 is 15.2 Å². The van der Waals surface area contributed by atoms with Gasteiger partial charge in [-0.3, -0.25) is 0 Å². The molecule has 3 rings (SSSR count). The van der Waals surface area contributed by atoms with Crippen molar-refractivity contribution in [3.63, 3.8) is 0 Å². The van der Waals surface area contributed by atoms with Crippen molar-refractivity contribution in [2.75, 3.05) is 18.9 Å². The van der Waals surface area contributed by atoms with E-state index in [0.717, 1.165) is 11.3 Å². The molecule has 6 nitrogen and oxygen atoms in total. The van der Waals surface area contributed by atoms with Crippen LogP contribution in [0.5, 0.6) is 11.5 Å². The van der Waals surface area contributed by atoms with Crippen LogP contribution in [-0.4, -0.2) is 28.4 Å². The van der Waals surface area contributed by atoms with Gasteiger partial charge in [-0.2, -0.15) is 0 Å². The molecule has 6 heteroatoms. The molecule has 0 saturated heterocycles. The van der Waals surface area contributed by atoms with Gasteiger partial charge in [0, 0.05) is 5.56 Å². The molecule has 0 radical (unpaired) electrons. The highest BCUT2D eigenvalue weighted by molar-refractivity contribution is 5.71. The molecule has 0 saturated carbocycles. The Labute approximate surface area is 104 Å². The highest BCUT2D eigenvalue weighted by atomic mass is 16.6. The summed E-state index contributed by atoms with van der Waals surface area (Å²) in [5.74, 6) is 2.34. The maximum Gasteiger partial charge on any atom is 0.162 e. The number of nitrogens with zero attached hydrogens (tertiary/aromatic N) is 3. The van der Waals surface area contributed by atoms with Crippen LogP contribution in [0.2, 0.25) is 0 Å². The van der Waals surface area contributed by atoms with Gasteiger partial charge in [-0.25, -0.2) is 4.98 Å². The van der Waals surface area contributed by atoms with Crippen LogP contribution in [0.1, 0.15) is 5.82 Å². The first-order chi connectivity index (χ1) is 8.74. The lowest BCUT2D eigenvalue weighted by Crippen LogP contribution is -2.15. The minimum Gasteiger partial charge on any atom is -0.486 e. The van der Waals surface area contributed by atoms with E-state index in [0.29, 0.717) is 36.3 Å². The summed E-state index contributed by atoms with van der Waals surface area (Å²) in [7, 11) is 0. The molecule has 2 N–H and O–H groups in total. The van der Waals surface area contributed by atoms with Crippen LogP contribution in [0.3, 0.4) is 0 Å². The van der Waals surface area contributed by atoms with Gasteiger partial charge in [0.2, 0.25) is 0 Å². The zero-order valence-electron chi connectivity index (χ0n) is 9.88. The Bertz CT molecular complexity index is 601. The number of aryl methyl sites for hydroxylation is 1. The fraction of sp³-hybridized carbons (Fsp3) is 0.250. The van der Waals surface area contributed by atoms with Crippen LogP contribution in [0, 0.1) is 6.92 Å². The predicted octanol–water partition coefficient (Wildman–Crippen LogP) is 1.20. The number of nitrogen functional groups attached to an aromatic ring is 1. The molecule has 92 valence electrons. The van der Waals surface area contributed by atoms with E-state index in [-0.39, 0.29) is 0 Å². The summed E-state index contributed by atoms with van der Waals surface area (Å²) in [5, 5.41) is 7.98. The lowest BCUT2D eigenvalue weighted by molar-refractivity contribution is 0.171. The van der Waals surface area contributed by atoms with E-state index in [9.17, 15) is 0 Å². The van der Waals surface area contributed by atoms with E-state index in [1.807, 2.05) is 18.2 Å². The molecule has 18 heavy (non-hydrogen) atoms. The van der Waals surface area contributed by atoms with Crippen molar-refractivity contribution in [2.45, 2.75) is 6.92 Å². The van der Waals surface area contributed by atoms with Crippen molar-refractivity contribution in [1.82, 2.24) is 15.2 Å². The highest BCUT2D eigenvalue weighted by Crippen LogP contribution is 2.34.